The summed E-state index contributed by atoms with van der Waals surface area (Å²) in [5, 5.41) is 3.41. The van der Waals surface area contributed by atoms with E-state index in [1.54, 1.807) is 0 Å². The molecule has 0 spiro atoms. The minimum absolute atomic E-state index is 0.430. The maximum atomic E-state index is 5.86. The number of benzene rings is 1. The standard InChI is InChI=1S/C16H27NO/c1-4-5-6-7-10-13-18-16-12-9-8-11-15(16)17-14(2)3/h8-9,11-12,14,17H,4-7,10,13H2,1-3H3. The van der Waals surface area contributed by atoms with Gasteiger partial charge in [-0.3, -0.25) is 0 Å². The summed E-state index contributed by atoms with van der Waals surface area (Å²) in [6.45, 7) is 7.34. The molecule has 0 saturated heterocycles. The molecule has 0 aliphatic rings. The normalized spacial score (nSPS) is 10.7. The number of hydrogen-bond acceptors (Lipinski definition) is 2. The summed E-state index contributed by atoms with van der Waals surface area (Å²) in [5.41, 5.74) is 1.10. The molecule has 0 amide bonds. The Morgan fingerprint density at radius 1 is 1.06 bits per heavy atom. The highest BCUT2D eigenvalue weighted by molar-refractivity contribution is 5.56. The fourth-order valence-electron chi connectivity index (χ4n) is 1.91. The van der Waals surface area contributed by atoms with Gasteiger partial charge in [-0.2, -0.15) is 0 Å². The van der Waals surface area contributed by atoms with Gasteiger partial charge in [0, 0.05) is 6.04 Å². The van der Waals surface area contributed by atoms with Crippen molar-refractivity contribution in [1.29, 1.82) is 0 Å². The van der Waals surface area contributed by atoms with Crippen LogP contribution in [0.15, 0.2) is 24.3 Å². The lowest BCUT2D eigenvalue weighted by Crippen LogP contribution is -2.11. The van der Waals surface area contributed by atoms with Crippen LogP contribution in [-0.2, 0) is 0 Å². The van der Waals surface area contributed by atoms with E-state index in [-0.39, 0.29) is 0 Å². The van der Waals surface area contributed by atoms with E-state index in [0.29, 0.717) is 6.04 Å². The topological polar surface area (TPSA) is 21.3 Å². The SMILES string of the molecule is CCCCCCCOc1ccccc1NC(C)C. The van der Waals surface area contributed by atoms with E-state index in [0.717, 1.165) is 24.5 Å². The predicted molar refractivity (Wildman–Crippen MR) is 79.5 cm³/mol. The lowest BCUT2D eigenvalue weighted by molar-refractivity contribution is 0.305. The molecule has 1 N–H and O–H groups in total. The Labute approximate surface area is 112 Å². The fourth-order valence-corrected chi connectivity index (χ4v) is 1.91. The van der Waals surface area contributed by atoms with Crippen LogP contribution in [0.4, 0.5) is 5.69 Å². The van der Waals surface area contributed by atoms with Gasteiger partial charge < -0.3 is 10.1 Å². The van der Waals surface area contributed by atoms with Gasteiger partial charge in [0.1, 0.15) is 5.75 Å². The van der Waals surface area contributed by atoms with Crippen LogP contribution in [0, 0.1) is 0 Å². The van der Waals surface area contributed by atoms with E-state index in [4.69, 9.17) is 4.74 Å². The van der Waals surface area contributed by atoms with Crippen LogP contribution < -0.4 is 10.1 Å². The molecular weight excluding hydrogens is 222 g/mol. The molecule has 102 valence electrons. The quantitative estimate of drug-likeness (QED) is 0.631. The smallest absolute Gasteiger partial charge is 0.142 e. The van der Waals surface area contributed by atoms with Crippen LogP contribution in [0.2, 0.25) is 0 Å². The zero-order valence-corrected chi connectivity index (χ0v) is 12.0. The van der Waals surface area contributed by atoms with Gasteiger partial charge in [0.15, 0.2) is 0 Å². The summed E-state index contributed by atoms with van der Waals surface area (Å²) in [5.74, 6) is 0.974. The third-order valence-electron chi connectivity index (χ3n) is 2.84. The van der Waals surface area contributed by atoms with Gasteiger partial charge in [-0.15, -0.1) is 0 Å². The highest BCUT2D eigenvalue weighted by atomic mass is 16.5. The predicted octanol–water partition coefficient (Wildman–Crippen LogP) is 4.86. The lowest BCUT2D eigenvalue weighted by Gasteiger charge is -2.15. The van der Waals surface area contributed by atoms with E-state index >= 15 is 0 Å². The molecule has 0 unspecified atom stereocenters. The Bertz CT molecular complexity index is 323. The fraction of sp³-hybridized carbons (Fsp3) is 0.625. The first-order valence-electron chi connectivity index (χ1n) is 7.22. The number of ether oxygens (including phenoxy) is 1. The lowest BCUT2D eigenvalue weighted by atomic mass is 10.2. The van der Waals surface area contributed by atoms with Crippen LogP contribution in [0.1, 0.15) is 52.9 Å². The zero-order chi connectivity index (χ0) is 13.2. The van der Waals surface area contributed by atoms with Gasteiger partial charge in [0.2, 0.25) is 0 Å². The minimum Gasteiger partial charge on any atom is -0.491 e. The maximum absolute atomic E-state index is 5.86. The van der Waals surface area contributed by atoms with Crippen molar-refractivity contribution in [3.63, 3.8) is 0 Å². The monoisotopic (exact) mass is 249 g/mol. The largest absolute Gasteiger partial charge is 0.491 e. The summed E-state index contributed by atoms with van der Waals surface area (Å²) >= 11 is 0. The summed E-state index contributed by atoms with van der Waals surface area (Å²) in [6, 6.07) is 8.61. The van der Waals surface area contributed by atoms with Gasteiger partial charge in [-0.1, -0.05) is 44.7 Å². The van der Waals surface area contributed by atoms with E-state index in [1.807, 2.05) is 18.2 Å². The molecule has 0 aliphatic heterocycles. The van der Waals surface area contributed by atoms with Gasteiger partial charge in [0.25, 0.3) is 0 Å². The molecule has 1 rings (SSSR count). The Kier molecular flexibility index (Phi) is 7.31. The van der Waals surface area contributed by atoms with Crippen LogP contribution in [0.3, 0.4) is 0 Å². The van der Waals surface area contributed by atoms with Crippen molar-refractivity contribution < 1.29 is 4.74 Å². The Balaban J connectivity index is 2.32. The second kappa shape index (κ2) is 8.84. The van der Waals surface area contributed by atoms with E-state index in [1.165, 1.54) is 25.7 Å². The molecule has 0 radical (unpaired) electrons. The summed E-state index contributed by atoms with van der Waals surface area (Å²) in [4.78, 5) is 0. The molecule has 0 aromatic heterocycles. The molecule has 0 saturated carbocycles. The van der Waals surface area contributed by atoms with Crippen molar-refractivity contribution in [2.45, 2.75) is 58.9 Å². The number of unbranched alkanes of at least 4 members (excludes halogenated alkanes) is 4. The highest BCUT2D eigenvalue weighted by Crippen LogP contribution is 2.24. The molecule has 0 bridgehead atoms. The van der Waals surface area contributed by atoms with E-state index in [9.17, 15) is 0 Å². The Morgan fingerprint density at radius 2 is 1.78 bits per heavy atom. The second-order valence-electron chi connectivity index (χ2n) is 5.06. The first kappa shape index (κ1) is 14.9. The third-order valence-corrected chi connectivity index (χ3v) is 2.84. The Hall–Kier alpha value is -1.18. The summed E-state index contributed by atoms with van der Waals surface area (Å²) in [7, 11) is 0. The van der Waals surface area contributed by atoms with E-state index in [2.05, 4.69) is 32.2 Å². The van der Waals surface area contributed by atoms with Gasteiger partial charge >= 0.3 is 0 Å². The van der Waals surface area contributed by atoms with Crippen molar-refractivity contribution in [1.82, 2.24) is 0 Å². The second-order valence-corrected chi connectivity index (χ2v) is 5.06. The van der Waals surface area contributed by atoms with Gasteiger partial charge in [-0.25, -0.2) is 0 Å². The Morgan fingerprint density at radius 3 is 2.50 bits per heavy atom. The number of rotatable bonds is 9. The first-order chi connectivity index (χ1) is 8.74. The molecule has 0 aliphatic carbocycles. The van der Waals surface area contributed by atoms with Gasteiger partial charge in [-0.05, 0) is 32.4 Å². The van der Waals surface area contributed by atoms with Crippen molar-refractivity contribution in [2.24, 2.45) is 0 Å². The first-order valence-corrected chi connectivity index (χ1v) is 7.22. The molecule has 2 heteroatoms. The van der Waals surface area contributed by atoms with Gasteiger partial charge in [0.05, 0.1) is 12.3 Å². The molecular formula is C16H27NO. The molecule has 18 heavy (non-hydrogen) atoms. The summed E-state index contributed by atoms with van der Waals surface area (Å²) in [6.07, 6.45) is 6.38. The van der Waals surface area contributed by atoms with Crippen molar-refractivity contribution in [3.05, 3.63) is 24.3 Å². The highest BCUT2D eigenvalue weighted by Gasteiger charge is 2.03. The molecule has 2 nitrogen and oxygen atoms in total. The van der Waals surface area contributed by atoms with Crippen LogP contribution in [-0.4, -0.2) is 12.6 Å². The van der Waals surface area contributed by atoms with Crippen LogP contribution in [0.25, 0.3) is 0 Å². The number of nitrogens with one attached hydrogen (secondary N) is 1. The minimum atomic E-state index is 0.430. The number of anilines is 1. The molecule has 0 fully saturated rings. The van der Waals surface area contributed by atoms with Crippen LogP contribution in [0.5, 0.6) is 5.75 Å². The van der Waals surface area contributed by atoms with E-state index < -0.39 is 0 Å². The number of hydrogen-bond donors (Lipinski definition) is 1. The summed E-state index contributed by atoms with van der Waals surface area (Å²) < 4.78 is 5.86. The molecule has 0 atom stereocenters. The average molecular weight is 249 g/mol. The zero-order valence-electron chi connectivity index (χ0n) is 12.0. The maximum Gasteiger partial charge on any atom is 0.142 e. The van der Waals surface area contributed by atoms with Crippen molar-refractivity contribution in [3.8, 4) is 5.75 Å². The van der Waals surface area contributed by atoms with Crippen LogP contribution >= 0.6 is 0 Å². The molecule has 1 aromatic carbocycles. The molecule has 0 heterocycles. The van der Waals surface area contributed by atoms with Crippen molar-refractivity contribution in [2.75, 3.05) is 11.9 Å². The molecule has 1 aromatic rings. The number of para-hydroxylation sites is 2. The average Bonchev–Trinajstić information content (AvgIpc) is 2.35. The third kappa shape index (κ3) is 5.95. The van der Waals surface area contributed by atoms with Crippen molar-refractivity contribution >= 4 is 5.69 Å².